The van der Waals surface area contributed by atoms with E-state index in [9.17, 15) is 4.79 Å². The van der Waals surface area contributed by atoms with Gasteiger partial charge in [0.15, 0.2) is 12.3 Å². The molecule has 0 atom stereocenters. The van der Waals surface area contributed by atoms with Crippen LogP contribution in [0.25, 0.3) is 5.65 Å². The van der Waals surface area contributed by atoms with Gasteiger partial charge < -0.3 is 19.1 Å². The number of ketones is 1. The lowest BCUT2D eigenvalue weighted by Gasteiger charge is -2.33. The molecule has 0 aliphatic carbocycles. The SMILES string of the molecule is CCC(CC)Oc1nn2c(N)[n+](CC(=O)c3cc(N4CCOCC4)c(OC)c(C(C)(C)C)c3)nc2cc1C(C)C. The van der Waals surface area contributed by atoms with Gasteiger partial charge in [-0.2, -0.15) is 0 Å². The van der Waals surface area contributed by atoms with Gasteiger partial charge in [0.25, 0.3) is 11.5 Å². The monoisotopic (exact) mass is 553 g/mol. The van der Waals surface area contributed by atoms with Crippen LogP contribution in [0.2, 0.25) is 0 Å². The van der Waals surface area contributed by atoms with Crippen molar-refractivity contribution in [3.8, 4) is 11.6 Å². The molecule has 0 spiro atoms. The van der Waals surface area contributed by atoms with E-state index < -0.39 is 0 Å². The molecule has 0 saturated carbocycles. The fraction of sp³-hybridized carbons (Fsp3) is 0.600. The fourth-order valence-corrected chi connectivity index (χ4v) is 5.03. The second-order valence-corrected chi connectivity index (χ2v) is 11.8. The van der Waals surface area contributed by atoms with Crippen LogP contribution in [0.5, 0.6) is 11.6 Å². The Kier molecular flexibility index (Phi) is 8.87. The first-order valence-electron chi connectivity index (χ1n) is 14.3. The molecule has 40 heavy (non-hydrogen) atoms. The lowest BCUT2D eigenvalue weighted by molar-refractivity contribution is -0.723. The molecule has 2 N–H and O–H groups in total. The van der Waals surface area contributed by atoms with E-state index in [4.69, 9.17) is 25.0 Å². The van der Waals surface area contributed by atoms with Gasteiger partial charge >= 0.3 is 5.95 Å². The summed E-state index contributed by atoms with van der Waals surface area (Å²) in [6, 6.07) is 5.81. The van der Waals surface area contributed by atoms with Gasteiger partial charge in [-0.15, -0.1) is 4.68 Å². The Balaban J connectivity index is 1.73. The van der Waals surface area contributed by atoms with Crippen molar-refractivity contribution in [3.63, 3.8) is 0 Å². The number of carbonyl (C=O) groups is 1. The van der Waals surface area contributed by atoms with E-state index in [0.29, 0.717) is 30.3 Å². The summed E-state index contributed by atoms with van der Waals surface area (Å²) in [4.78, 5) is 16.0. The average molecular weight is 554 g/mol. The summed E-state index contributed by atoms with van der Waals surface area (Å²) in [6.45, 7) is 17.5. The van der Waals surface area contributed by atoms with Gasteiger partial charge in [0.05, 0.1) is 26.0 Å². The van der Waals surface area contributed by atoms with Crippen LogP contribution in [0.3, 0.4) is 0 Å². The van der Waals surface area contributed by atoms with E-state index >= 15 is 0 Å². The molecule has 0 amide bonds. The highest BCUT2D eigenvalue weighted by Crippen LogP contribution is 2.40. The van der Waals surface area contributed by atoms with Gasteiger partial charge in [-0.1, -0.05) is 63.2 Å². The number of carbonyl (C=O) groups excluding carboxylic acids is 1. The number of hydrogen-bond donors (Lipinski definition) is 1. The predicted molar refractivity (Wildman–Crippen MR) is 156 cm³/mol. The van der Waals surface area contributed by atoms with Crippen molar-refractivity contribution >= 4 is 23.1 Å². The highest BCUT2D eigenvalue weighted by molar-refractivity contribution is 5.97. The zero-order valence-corrected chi connectivity index (χ0v) is 25.3. The molecule has 0 bridgehead atoms. The number of rotatable bonds is 10. The third-order valence-corrected chi connectivity index (χ3v) is 7.50. The maximum Gasteiger partial charge on any atom is 0.401 e. The van der Waals surface area contributed by atoms with Crippen LogP contribution in [-0.4, -0.2) is 60.0 Å². The molecule has 4 rings (SSSR count). The van der Waals surface area contributed by atoms with Crippen molar-refractivity contribution in [2.75, 3.05) is 44.0 Å². The van der Waals surface area contributed by atoms with Crippen molar-refractivity contribution in [3.05, 3.63) is 34.9 Å². The number of Topliss-reactive ketones (excluding diaryl/α,β-unsaturated/α-hetero) is 1. The van der Waals surface area contributed by atoms with Crippen molar-refractivity contribution < 1.29 is 23.7 Å². The molecule has 2 aromatic heterocycles. The number of nitrogens with two attached hydrogens (primary N) is 1. The highest BCUT2D eigenvalue weighted by Gasteiger charge is 2.29. The summed E-state index contributed by atoms with van der Waals surface area (Å²) < 4.78 is 20.8. The molecule has 3 heterocycles. The largest absolute Gasteiger partial charge is 0.494 e. The molecule has 218 valence electrons. The molecule has 10 heteroatoms. The van der Waals surface area contributed by atoms with Gasteiger partial charge in [0.2, 0.25) is 0 Å². The van der Waals surface area contributed by atoms with Crippen LogP contribution in [0.1, 0.15) is 88.7 Å². The molecule has 1 aromatic carbocycles. The van der Waals surface area contributed by atoms with Crippen LogP contribution in [-0.2, 0) is 16.7 Å². The number of anilines is 2. The normalized spacial score (nSPS) is 14.4. The van der Waals surface area contributed by atoms with E-state index in [1.807, 2.05) is 18.2 Å². The number of fused-ring (bicyclic) bond motifs is 1. The van der Waals surface area contributed by atoms with Crippen molar-refractivity contribution in [2.24, 2.45) is 0 Å². The number of aromatic nitrogens is 4. The van der Waals surface area contributed by atoms with Crippen LogP contribution >= 0.6 is 0 Å². The standard InChI is InChI=1S/C30H44N6O4/c1-9-21(10-2)40-28-22(19(3)4)17-26-32-35(29(31)36(26)33-28)18-25(37)20-15-23(30(5,6)7)27(38-8)24(16-20)34-11-13-39-14-12-34/h15-17,19,21,31H,9-14,18H2,1-8H3/p+1. The summed E-state index contributed by atoms with van der Waals surface area (Å²) in [5, 5.41) is 9.38. The van der Waals surface area contributed by atoms with Crippen LogP contribution < -0.4 is 24.8 Å². The van der Waals surface area contributed by atoms with Gasteiger partial charge in [-0.3, -0.25) is 10.5 Å². The summed E-state index contributed by atoms with van der Waals surface area (Å²) in [7, 11) is 1.68. The fourth-order valence-electron chi connectivity index (χ4n) is 5.03. The molecule has 0 unspecified atom stereocenters. The highest BCUT2D eigenvalue weighted by atomic mass is 16.5. The van der Waals surface area contributed by atoms with E-state index in [0.717, 1.165) is 48.5 Å². The van der Waals surface area contributed by atoms with Gasteiger partial charge in [0.1, 0.15) is 11.9 Å². The maximum absolute atomic E-state index is 13.8. The van der Waals surface area contributed by atoms with Gasteiger partial charge in [-0.25, -0.2) is 0 Å². The number of hydrogen-bond acceptors (Lipinski definition) is 8. The Morgan fingerprint density at radius 2 is 1.82 bits per heavy atom. The van der Waals surface area contributed by atoms with Crippen molar-refractivity contribution in [1.29, 1.82) is 0 Å². The third kappa shape index (κ3) is 6.01. The summed E-state index contributed by atoms with van der Waals surface area (Å²) in [5.41, 5.74) is 10.3. The predicted octanol–water partition coefficient (Wildman–Crippen LogP) is 4.32. The van der Waals surface area contributed by atoms with E-state index in [2.05, 4.69) is 58.5 Å². The van der Waals surface area contributed by atoms with Crippen LogP contribution in [0, 0.1) is 0 Å². The lowest BCUT2D eigenvalue weighted by Crippen LogP contribution is -2.42. The maximum atomic E-state index is 13.8. The number of nitrogen functional groups attached to an aromatic ring is 1. The van der Waals surface area contributed by atoms with Crippen LogP contribution in [0.15, 0.2) is 18.2 Å². The second-order valence-electron chi connectivity index (χ2n) is 11.8. The van der Waals surface area contributed by atoms with Gasteiger partial charge in [0, 0.05) is 35.8 Å². The minimum atomic E-state index is -0.236. The number of morpholine rings is 1. The van der Waals surface area contributed by atoms with E-state index in [1.54, 1.807) is 11.6 Å². The number of benzene rings is 1. The summed E-state index contributed by atoms with van der Waals surface area (Å²) in [5.74, 6) is 1.70. The second kappa shape index (κ2) is 12.0. The van der Waals surface area contributed by atoms with Gasteiger partial charge in [-0.05, 0) is 36.3 Å². The minimum Gasteiger partial charge on any atom is -0.494 e. The topological polar surface area (TPSA) is 108 Å². The first-order chi connectivity index (χ1) is 19.0. The van der Waals surface area contributed by atoms with Crippen molar-refractivity contribution in [2.45, 2.75) is 85.3 Å². The zero-order valence-electron chi connectivity index (χ0n) is 25.3. The number of nitrogens with zero attached hydrogens (tertiary/aromatic N) is 5. The molecule has 1 aliphatic rings. The Morgan fingerprint density at radius 3 is 2.40 bits per heavy atom. The first-order valence-corrected chi connectivity index (χ1v) is 14.3. The molecule has 1 saturated heterocycles. The third-order valence-electron chi connectivity index (χ3n) is 7.50. The zero-order chi connectivity index (χ0) is 29.2. The van der Waals surface area contributed by atoms with Crippen molar-refractivity contribution in [1.82, 2.24) is 14.7 Å². The smallest absolute Gasteiger partial charge is 0.401 e. The average Bonchev–Trinajstić information content (AvgIpc) is 3.23. The lowest BCUT2D eigenvalue weighted by atomic mass is 9.84. The Morgan fingerprint density at radius 1 is 1.15 bits per heavy atom. The first kappa shape index (κ1) is 29.6. The summed E-state index contributed by atoms with van der Waals surface area (Å²) in [6.07, 6.45) is 1.83. The molecule has 1 fully saturated rings. The molecular weight excluding hydrogens is 508 g/mol. The molecular formula is C30H45N6O4+. The number of ether oxygens (including phenoxy) is 3. The summed E-state index contributed by atoms with van der Waals surface area (Å²) >= 11 is 0. The molecule has 1 aliphatic heterocycles. The Labute approximate surface area is 237 Å². The minimum absolute atomic E-state index is 0.0204. The quantitative estimate of drug-likeness (QED) is 0.292. The Hall–Kier alpha value is -3.40. The molecule has 10 nitrogen and oxygen atoms in total. The Bertz CT molecular complexity index is 1350. The van der Waals surface area contributed by atoms with E-state index in [1.165, 1.54) is 4.68 Å². The van der Waals surface area contributed by atoms with E-state index in [-0.39, 0.29) is 35.7 Å². The van der Waals surface area contributed by atoms with Crippen LogP contribution in [0.4, 0.5) is 11.6 Å². The molecule has 0 radical (unpaired) electrons. The number of methoxy groups -OCH3 is 1. The molecule has 3 aromatic rings.